The topological polar surface area (TPSA) is 68.3 Å². The smallest absolute Gasteiger partial charge is 0.162 e. The van der Waals surface area contributed by atoms with E-state index >= 15 is 0 Å². The second-order valence-electron chi connectivity index (χ2n) is 5.08. The summed E-state index contributed by atoms with van der Waals surface area (Å²) in [6, 6.07) is 11.5. The first-order valence-electron chi connectivity index (χ1n) is 7.35. The Morgan fingerprint density at radius 1 is 1.21 bits per heavy atom. The van der Waals surface area contributed by atoms with E-state index in [0.29, 0.717) is 29.6 Å². The standard InChI is InChI=1S/C18H12N2O3S/c19-10-13(8-14-2-1-5-21-14)18-20-15(11-24-18)12-3-4-16-17(9-12)23-7-6-22-16/h1-5,8-9,11H,6-7H2/b13-8+. The highest BCUT2D eigenvalue weighted by atomic mass is 32.1. The number of hydrogen-bond donors (Lipinski definition) is 0. The monoisotopic (exact) mass is 336 g/mol. The van der Waals surface area contributed by atoms with Gasteiger partial charge in [-0.2, -0.15) is 5.26 Å². The molecule has 0 spiro atoms. The van der Waals surface area contributed by atoms with Gasteiger partial charge in [-0.05, 0) is 30.3 Å². The van der Waals surface area contributed by atoms with Crippen molar-refractivity contribution in [1.29, 1.82) is 5.26 Å². The van der Waals surface area contributed by atoms with E-state index in [4.69, 9.17) is 13.9 Å². The van der Waals surface area contributed by atoms with Gasteiger partial charge in [-0.25, -0.2) is 4.98 Å². The van der Waals surface area contributed by atoms with Crippen LogP contribution in [0.5, 0.6) is 11.5 Å². The molecule has 0 saturated heterocycles. The van der Waals surface area contributed by atoms with Crippen molar-refractivity contribution < 1.29 is 13.9 Å². The van der Waals surface area contributed by atoms with Crippen LogP contribution in [0.25, 0.3) is 22.9 Å². The van der Waals surface area contributed by atoms with Crippen LogP contribution in [0.4, 0.5) is 0 Å². The summed E-state index contributed by atoms with van der Waals surface area (Å²) in [7, 11) is 0. The number of fused-ring (bicyclic) bond motifs is 1. The molecule has 1 aliphatic heterocycles. The molecule has 0 radical (unpaired) electrons. The maximum Gasteiger partial charge on any atom is 0.162 e. The molecule has 0 fully saturated rings. The fraction of sp³-hybridized carbons (Fsp3) is 0.111. The van der Waals surface area contributed by atoms with Gasteiger partial charge in [-0.1, -0.05) is 0 Å². The third-order valence-electron chi connectivity index (χ3n) is 3.52. The van der Waals surface area contributed by atoms with Crippen molar-refractivity contribution in [2.75, 3.05) is 13.2 Å². The molecule has 3 aromatic rings. The number of hydrogen-bond acceptors (Lipinski definition) is 6. The molecule has 1 aliphatic rings. The highest BCUT2D eigenvalue weighted by molar-refractivity contribution is 7.11. The van der Waals surface area contributed by atoms with Crippen LogP contribution in [-0.2, 0) is 0 Å². The summed E-state index contributed by atoms with van der Waals surface area (Å²) in [6.45, 7) is 1.11. The van der Waals surface area contributed by atoms with Crippen LogP contribution in [0.2, 0.25) is 0 Å². The molecule has 0 atom stereocenters. The molecule has 4 rings (SSSR count). The number of thiazole rings is 1. The van der Waals surface area contributed by atoms with Gasteiger partial charge in [0.05, 0.1) is 17.5 Å². The average molecular weight is 336 g/mol. The molecule has 0 aliphatic carbocycles. The maximum absolute atomic E-state index is 9.39. The molecular formula is C18H12N2O3S. The minimum atomic E-state index is 0.471. The van der Waals surface area contributed by atoms with Crippen LogP contribution in [0, 0.1) is 11.3 Å². The summed E-state index contributed by atoms with van der Waals surface area (Å²) >= 11 is 1.42. The Hall–Kier alpha value is -3.04. The van der Waals surface area contributed by atoms with Crippen LogP contribution in [0.15, 0.2) is 46.4 Å². The van der Waals surface area contributed by atoms with E-state index in [1.54, 1.807) is 24.5 Å². The third-order valence-corrected chi connectivity index (χ3v) is 4.40. The van der Waals surface area contributed by atoms with Crippen LogP contribution >= 0.6 is 11.3 Å². The molecule has 5 nitrogen and oxygen atoms in total. The number of nitrogens with zero attached hydrogens (tertiary/aromatic N) is 2. The summed E-state index contributed by atoms with van der Waals surface area (Å²) < 4.78 is 16.4. The van der Waals surface area contributed by atoms with Crippen molar-refractivity contribution in [3.8, 4) is 28.8 Å². The zero-order valence-corrected chi connectivity index (χ0v) is 13.4. The zero-order valence-electron chi connectivity index (χ0n) is 12.6. The van der Waals surface area contributed by atoms with E-state index in [2.05, 4.69) is 11.1 Å². The van der Waals surface area contributed by atoms with E-state index in [1.165, 1.54) is 11.3 Å². The van der Waals surface area contributed by atoms with Crippen LogP contribution < -0.4 is 9.47 Å². The Kier molecular flexibility index (Phi) is 3.77. The fourth-order valence-electron chi connectivity index (χ4n) is 2.39. The number of furan rings is 1. The highest BCUT2D eigenvalue weighted by Gasteiger charge is 2.15. The van der Waals surface area contributed by atoms with E-state index in [-0.39, 0.29) is 0 Å². The molecule has 0 amide bonds. The molecule has 118 valence electrons. The van der Waals surface area contributed by atoms with Crippen LogP contribution in [0.1, 0.15) is 10.8 Å². The molecule has 24 heavy (non-hydrogen) atoms. The molecule has 0 saturated carbocycles. The zero-order chi connectivity index (χ0) is 16.4. The van der Waals surface area contributed by atoms with Gasteiger partial charge in [0.25, 0.3) is 0 Å². The number of benzene rings is 1. The molecule has 0 unspecified atom stereocenters. The lowest BCUT2D eigenvalue weighted by Gasteiger charge is -2.18. The van der Waals surface area contributed by atoms with Crippen molar-refractivity contribution in [2.45, 2.75) is 0 Å². The van der Waals surface area contributed by atoms with Gasteiger partial charge in [-0.15, -0.1) is 11.3 Å². The van der Waals surface area contributed by atoms with Crippen LogP contribution in [-0.4, -0.2) is 18.2 Å². The number of ether oxygens (including phenoxy) is 2. The molecule has 6 heteroatoms. The summed E-state index contributed by atoms with van der Waals surface area (Å²) in [5.41, 5.74) is 2.20. The lowest BCUT2D eigenvalue weighted by molar-refractivity contribution is 0.171. The van der Waals surface area contributed by atoms with Crippen molar-refractivity contribution in [3.63, 3.8) is 0 Å². The largest absolute Gasteiger partial charge is 0.486 e. The SMILES string of the molecule is N#C/C(=C\c1ccco1)c1nc(-c2ccc3c(c2)OCCO3)cs1. The van der Waals surface area contributed by atoms with Crippen molar-refractivity contribution in [1.82, 2.24) is 4.98 Å². The Bertz CT molecular complexity index is 936. The Morgan fingerprint density at radius 2 is 2.08 bits per heavy atom. The van der Waals surface area contributed by atoms with Crippen molar-refractivity contribution >= 4 is 23.0 Å². The quantitative estimate of drug-likeness (QED) is 0.669. The summed E-state index contributed by atoms with van der Waals surface area (Å²) in [6.07, 6.45) is 3.26. The van der Waals surface area contributed by atoms with Gasteiger partial charge in [0.15, 0.2) is 11.5 Å². The van der Waals surface area contributed by atoms with Gasteiger partial charge in [0.1, 0.15) is 30.1 Å². The van der Waals surface area contributed by atoms with Gasteiger partial charge in [0, 0.05) is 17.0 Å². The number of rotatable bonds is 3. The normalized spacial score (nSPS) is 13.5. The van der Waals surface area contributed by atoms with Gasteiger partial charge in [-0.3, -0.25) is 0 Å². The van der Waals surface area contributed by atoms with Gasteiger partial charge >= 0.3 is 0 Å². The van der Waals surface area contributed by atoms with E-state index < -0.39 is 0 Å². The fourth-order valence-corrected chi connectivity index (χ4v) is 3.18. The van der Waals surface area contributed by atoms with Crippen molar-refractivity contribution in [2.24, 2.45) is 0 Å². The second kappa shape index (κ2) is 6.22. The third kappa shape index (κ3) is 2.77. The minimum absolute atomic E-state index is 0.471. The Morgan fingerprint density at radius 3 is 2.88 bits per heavy atom. The average Bonchev–Trinajstić information content (AvgIpc) is 3.31. The summed E-state index contributed by atoms with van der Waals surface area (Å²) in [5, 5.41) is 12.0. The maximum atomic E-state index is 9.39. The Balaban J connectivity index is 1.66. The van der Waals surface area contributed by atoms with E-state index in [1.807, 2.05) is 23.6 Å². The van der Waals surface area contributed by atoms with Gasteiger partial charge in [0.2, 0.25) is 0 Å². The first kappa shape index (κ1) is 14.5. The first-order chi connectivity index (χ1) is 11.8. The lowest BCUT2D eigenvalue weighted by atomic mass is 10.1. The van der Waals surface area contributed by atoms with Crippen molar-refractivity contribution in [3.05, 3.63) is 52.7 Å². The predicted molar refractivity (Wildman–Crippen MR) is 90.7 cm³/mol. The molecule has 3 heterocycles. The predicted octanol–water partition coefficient (Wildman–Crippen LogP) is 4.24. The molecular weight excluding hydrogens is 324 g/mol. The summed E-state index contributed by atoms with van der Waals surface area (Å²) in [5.74, 6) is 2.10. The van der Waals surface area contributed by atoms with Gasteiger partial charge < -0.3 is 13.9 Å². The number of nitriles is 1. The molecule has 1 aromatic carbocycles. The highest BCUT2D eigenvalue weighted by Crippen LogP contribution is 2.35. The summed E-state index contributed by atoms with van der Waals surface area (Å²) in [4.78, 5) is 4.57. The lowest BCUT2D eigenvalue weighted by Crippen LogP contribution is -2.15. The number of aromatic nitrogens is 1. The second-order valence-corrected chi connectivity index (χ2v) is 5.94. The Labute approximate surface area is 142 Å². The minimum Gasteiger partial charge on any atom is -0.486 e. The van der Waals surface area contributed by atoms with E-state index in [9.17, 15) is 5.26 Å². The molecule has 2 aromatic heterocycles. The number of allylic oxidation sites excluding steroid dienone is 1. The van der Waals surface area contributed by atoms with E-state index in [0.717, 1.165) is 22.8 Å². The molecule has 0 N–H and O–H groups in total. The molecule has 0 bridgehead atoms. The van der Waals surface area contributed by atoms with Crippen LogP contribution in [0.3, 0.4) is 0 Å². The first-order valence-corrected chi connectivity index (χ1v) is 8.23.